The maximum atomic E-state index is 15.2. The first-order valence-electron chi connectivity index (χ1n) is 12.0. The fraction of sp³-hybridized carbons (Fsp3) is 0.500. The standard InChI is InChI=1S/C24H31F2N7O2S/c1-4-11-36(34,35)14-17-5-6-18(25)21(20(17)26)30-23-22-19(28-15-29-23)12-27-24(31-22)33-9-7-16(8-10-33)13-32(2)3/h5-6,12,15-16H,4,7-11,13-14H2,1-3H3,(H,28,29,30). The second kappa shape index (κ2) is 11.0. The molecule has 1 saturated heterocycles. The average molecular weight is 520 g/mol. The second-order valence-electron chi connectivity index (χ2n) is 9.43. The molecule has 1 N–H and O–H groups in total. The van der Waals surface area contributed by atoms with Crippen LogP contribution in [0.15, 0.2) is 24.7 Å². The molecule has 36 heavy (non-hydrogen) atoms. The minimum absolute atomic E-state index is 0.0742. The number of aromatic nitrogens is 4. The van der Waals surface area contributed by atoms with Crippen molar-refractivity contribution in [2.75, 3.05) is 49.7 Å². The van der Waals surface area contributed by atoms with Gasteiger partial charge in [0.25, 0.3) is 0 Å². The molecule has 3 heterocycles. The largest absolute Gasteiger partial charge is 0.341 e. The Hall–Kier alpha value is -2.99. The van der Waals surface area contributed by atoms with E-state index in [1.807, 2.05) is 0 Å². The summed E-state index contributed by atoms with van der Waals surface area (Å²) in [5.41, 5.74) is 0.146. The van der Waals surface area contributed by atoms with Gasteiger partial charge < -0.3 is 15.1 Å². The minimum atomic E-state index is -3.52. The lowest BCUT2D eigenvalue weighted by molar-refractivity contribution is 0.284. The van der Waals surface area contributed by atoms with Crippen LogP contribution in [0.5, 0.6) is 0 Å². The number of fused-ring (bicyclic) bond motifs is 1. The number of hydrogen-bond acceptors (Lipinski definition) is 9. The zero-order chi connectivity index (χ0) is 25.9. The van der Waals surface area contributed by atoms with Crippen LogP contribution < -0.4 is 10.2 Å². The van der Waals surface area contributed by atoms with Crippen LogP contribution in [-0.2, 0) is 15.6 Å². The fourth-order valence-electron chi connectivity index (χ4n) is 4.48. The molecule has 0 aliphatic carbocycles. The molecule has 0 saturated carbocycles. The van der Waals surface area contributed by atoms with Gasteiger partial charge in [0.1, 0.15) is 28.9 Å². The zero-order valence-electron chi connectivity index (χ0n) is 20.7. The van der Waals surface area contributed by atoms with Crippen molar-refractivity contribution >= 4 is 38.3 Å². The van der Waals surface area contributed by atoms with Crippen molar-refractivity contribution < 1.29 is 17.2 Å². The molecule has 1 fully saturated rings. The van der Waals surface area contributed by atoms with Gasteiger partial charge in [0.2, 0.25) is 5.95 Å². The van der Waals surface area contributed by atoms with Crippen LogP contribution in [0.2, 0.25) is 0 Å². The third-order valence-electron chi connectivity index (χ3n) is 6.19. The van der Waals surface area contributed by atoms with Gasteiger partial charge in [-0.15, -0.1) is 0 Å². The summed E-state index contributed by atoms with van der Waals surface area (Å²) in [5.74, 6) is -1.21. The van der Waals surface area contributed by atoms with Crippen molar-refractivity contribution in [2.24, 2.45) is 5.92 Å². The van der Waals surface area contributed by atoms with Gasteiger partial charge in [-0.3, -0.25) is 0 Å². The SMILES string of the molecule is CCCS(=O)(=O)Cc1ccc(F)c(Nc2ncnc3cnc(N4CCC(CN(C)C)CC4)nc23)c1F. The van der Waals surface area contributed by atoms with E-state index in [2.05, 4.69) is 49.1 Å². The molecular weight excluding hydrogens is 488 g/mol. The maximum absolute atomic E-state index is 15.2. The summed E-state index contributed by atoms with van der Waals surface area (Å²) < 4.78 is 54.3. The molecule has 3 aromatic rings. The highest BCUT2D eigenvalue weighted by Crippen LogP contribution is 2.30. The van der Waals surface area contributed by atoms with E-state index in [1.165, 1.54) is 6.33 Å². The maximum Gasteiger partial charge on any atom is 0.226 e. The molecule has 1 aliphatic heterocycles. The Bertz CT molecular complexity index is 1330. The van der Waals surface area contributed by atoms with Gasteiger partial charge in [-0.05, 0) is 45.3 Å². The van der Waals surface area contributed by atoms with Crippen LogP contribution in [0.1, 0.15) is 31.7 Å². The Morgan fingerprint density at radius 2 is 1.89 bits per heavy atom. The van der Waals surface area contributed by atoms with Crippen LogP contribution in [-0.4, -0.2) is 72.7 Å². The first-order chi connectivity index (χ1) is 17.2. The molecule has 4 rings (SSSR count). The van der Waals surface area contributed by atoms with E-state index >= 15 is 4.39 Å². The molecule has 0 amide bonds. The van der Waals surface area contributed by atoms with E-state index in [9.17, 15) is 12.8 Å². The molecule has 12 heteroatoms. The van der Waals surface area contributed by atoms with E-state index in [0.29, 0.717) is 29.3 Å². The third kappa shape index (κ3) is 6.04. The number of rotatable bonds is 9. The molecule has 0 spiro atoms. The third-order valence-corrected chi connectivity index (χ3v) is 7.97. The lowest BCUT2D eigenvalue weighted by atomic mass is 9.97. The Balaban J connectivity index is 1.61. The van der Waals surface area contributed by atoms with E-state index < -0.39 is 32.9 Å². The first kappa shape index (κ1) is 26.1. The van der Waals surface area contributed by atoms with Gasteiger partial charge in [0.05, 0.1) is 17.7 Å². The van der Waals surface area contributed by atoms with Gasteiger partial charge in [-0.2, -0.15) is 0 Å². The van der Waals surface area contributed by atoms with Gasteiger partial charge in [-0.1, -0.05) is 13.0 Å². The van der Waals surface area contributed by atoms with E-state index in [0.717, 1.165) is 44.6 Å². The monoisotopic (exact) mass is 519 g/mol. The van der Waals surface area contributed by atoms with Crippen LogP contribution in [0.25, 0.3) is 11.0 Å². The summed E-state index contributed by atoms with van der Waals surface area (Å²) in [6.45, 7) is 4.37. The Kier molecular flexibility index (Phi) is 7.94. The van der Waals surface area contributed by atoms with Gasteiger partial charge in [0.15, 0.2) is 21.5 Å². The van der Waals surface area contributed by atoms with E-state index in [4.69, 9.17) is 0 Å². The van der Waals surface area contributed by atoms with Crippen molar-refractivity contribution in [3.63, 3.8) is 0 Å². The number of anilines is 3. The summed E-state index contributed by atoms with van der Waals surface area (Å²) in [5, 5.41) is 2.69. The lowest BCUT2D eigenvalue weighted by Gasteiger charge is -2.33. The summed E-state index contributed by atoms with van der Waals surface area (Å²) in [6.07, 6.45) is 5.27. The molecule has 0 atom stereocenters. The molecular formula is C24H31F2N7O2S. The van der Waals surface area contributed by atoms with Gasteiger partial charge in [0, 0.05) is 25.2 Å². The summed E-state index contributed by atoms with van der Waals surface area (Å²) in [4.78, 5) is 21.7. The predicted molar refractivity (Wildman–Crippen MR) is 136 cm³/mol. The van der Waals surface area contributed by atoms with Crippen LogP contribution in [0.4, 0.5) is 26.2 Å². The van der Waals surface area contributed by atoms with Crippen molar-refractivity contribution in [1.29, 1.82) is 0 Å². The topological polar surface area (TPSA) is 104 Å². The number of benzene rings is 1. The van der Waals surface area contributed by atoms with Crippen molar-refractivity contribution in [1.82, 2.24) is 24.8 Å². The quantitative estimate of drug-likeness (QED) is 0.454. The summed E-state index contributed by atoms with van der Waals surface area (Å²) >= 11 is 0. The zero-order valence-corrected chi connectivity index (χ0v) is 21.5. The molecule has 9 nitrogen and oxygen atoms in total. The molecule has 1 aromatic carbocycles. The van der Waals surface area contributed by atoms with Gasteiger partial charge >= 0.3 is 0 Å². The number of sulfone groups is 1. The molecule has 1 aliphatic rings. The average Bonchev–Trinajstić information content (AvgIpc) is 2.83. The highest BCUT2D eigenvalue weighted by atomic mass is 32.2. The molecule has 0 radical (unpaired) electrons. The molecule has 2 aromatic heterocycles. The Morgan fingerprint density at radius 1 is 1.14 bits per heavy atom. The number of halogens is 2. The van der Waals surface area contributed by atoms with E-state index in [-0.39, 0.29) is 17.1 Å². The number of piperidine rings is 1. The highest BCUT2D eigenvalue weighted by Gasteiger charge is 2.23. The Labute approximate surface area is 209 Å². The van der Waals surface area contributed by atoms with Crippen molar-refractivity contribution in [3.05, 3.63) is 41.9 Å². The smallest absolute Gasteiger partial charge is 0.226 e. The van der Waals surface area contributed by atoms with Crippen LogP contribution >= 0.6 is 0 Å². The summed E-state index contributed by atoms with van der Waals surface area (Å²) in [7, 11) is 0.619. The molecule has 0 unspecified atom stereocenters. The van der Waals surface area contributed by atoms with Crippen LogP contribution in [0, 0.1) is 17.6 Å². The molecule has 194 valence electrons. The second-order valence-corrected chi connectivity index (χ2v) is 11.6. The highest BCUT2D eigenvalue weighted by molar-refractivity contribution is 7.90. The van der Waals surface area contributed by atoms with Crippen molar-refractivity contribution in [3.8, 4) is 0 Å². The van der Waals surface area contributed by atoms with Crippen molar-refractivity contribution in [2.45, 2.75) is 31.9 Å². The summed E-state index contributed by atoms with van der Waals surface area (Å²) in [6, 6.07) is 2.20. The number of nitrogens with zero attached hydrogens (tertiary/aromatic N) is 6. The minimum Gasteiger partial charge on any atom is -0.341 e. The van der Waals surface area contributed by atoms with E-state index in [1.54, 1.807) is 13.1 Å². The predicted octanol–water partition coefficient (Wildman–Crippen LogP) is 3.54. The van der Waals surface area contributed by atoms with Crippen LogP contribution in [0.3, 0.4) is 0 Å². The molecule has 0 bridgehead atoms. The normalized spacial score (nSPS) is 15.1. The van der Waals surface area contributed by atoms with Gasteiger partial charge in [-0.25, -0.2) is 37.1 Å². The number of hydrogen-bond donors (Lipinski definition) is 1. The number of nitrogens with one attached hydrogen (secondary N) is 1. The first-order valence-corrected chi connectivity index (χ1v) is 13.8. The Morgan fingerprint density at radius 3 is 2.58 bits per heavy atom. The fourth-order valence-corrected chi connectivity index (χ4v) is 5.94. The lowest BCUT2D eigenvalue weighted by Crippen LogP contribution is -2.38.